The Hall–Kier alpha value is -1.11. The summed E-state index contributed by atoms with van der Waals surface area (Å²) in [5.74, 6) is 0.219. The van der Waals surface area contributed by atoms with E-state index >= 15 is 0 Å². The molecule has 0 saturated heterocycles. The van der Waals surface area contributed by atoms with Crippen LogP contribution in [0.3, 0.4) is 0 Å². The Kier molecular flexibility index (Phi) is 3.99. The van der Waals surface area contributed by atoms with Crippen LogP contribution in [0.5, 0.6) is 5.75 Å². The summed E-state index contributed by atoms with van der Waals surface area (Å²) < 4.78 is 23.4. The van der Waals surface area contributed by atoms with Gasteiger partial charge in [0, 0.05) is 11.5 Å². The number of ether oxygens (including phenoxy) is 2. The van der Waals surface area contributed by atoms with Crippen LogP contribution in [0.4, 0.5) is 4.39 Å². The van der Waals surface area contributed by atoms with Crippen molar-refractivity contribution >= 4 is 12.6 Å². The van der Waals surface area contributed by atoms with Crippen molar-refractivity contribution in [3.8, 4) is 5.75 Å². The highest BCUT2D eigenvalue weighted by Gasteiger charge is 2.21. The number of hydrogen-bond acceptors (Lipinski definition) is 4. The summed E-state index contributed by atoms with van der Waals surface area (Å²) in [7, 11) is -1.69. The molecule has 17 heavy (non-hydrogen) atoms. The molecule has 1 aliphatic rings. The van der Waals surface area contributed by atoms with E-state index in [1.54, 1.807) is 0 Å². The molecule has 1 aromatic rings. The van der Waals surface area contributed by atoms with E-state index in [4.69, 9.17) is 19.5 Å². The average Bonchev–Trinajstić information content (AvgIpc) is 3.08. The van der Waals surface area contributed by atoms with E-state index in [1.807, 2.05) is 0 Å². The van der Waals surface area contributed by atoms with Crippen molar-refractivity contribution < 1.29 is 23.9 Å². The van der Waals surface area contributed by atoms with Crippen molar-refractivity contribution in [1.82, 2.24) is 0 Å². The summed E-state index contributed by atoms with van der Waals surface area (Å²) in [5.41, 5.74) is 0.126. The monoisotopic (exact) mass is 240 g/mol. The fourth-order valence-electron chi connectivity index (χ4n) is 1.45. The van der Waals surface area contributed by atoms with E-state index in [0.717, 1.165) is 12.1 Å². The molecule has 0 atom stereocenters. The standard InChI is InChI=1S/C11H14BFO4/c13-9-3-4-10(12(14)15)11(5-9)17-7-16-6-8-1-2-8/h3-5,8,14-15H,1-2,6-7H2. The molecule has 0 bridgehead atoms. The van der Waals surface area contributed by atoms with Gasteiger partial charge in [-0.05, 0) is 24.8 Å². The lowest BCUT2D eigenvalue weighted by Gasteiger charge is -2.11. The van der Waals surface area contributed by atoms with Gasteiger partial charge in [-0.2, -0.15) is 0 Å². The third-order valence-corrected chi connectivity index (χ3v) is 2.60. The van der Waals surface area contributed by atoms with Crippen LogP contribution in [-0.2, 0) is 4.74 Å². The minimum absolute atomic E-state index is 0.0142. The minimum atomic E-state index is -1.69. The molecule has 0 heterocycles. The van der Waals surface area contributed by atoms with Crippen molar-refractivity contribution in [1.29, 1.82) is 0 Å². The van der Waals surface area contributed by atoms with Gasteiger partial charge in [-0.1, -0.05) is 6.07 Å². The predicted molar refractivity (Wildman–Crippen MR) is 60.4 cm³/mol. The second-order valence-corrected chi connectivity index (χ2v) is 4.13. The third kappa shape index (κ3) is 3.69. The minimum Gasteiger partial charge on any atom is -0.468 e. The molecule has 0 spiro atoms. The molecule has 0 aromatic heterocycles. The zero-order valence-corrected chi connectivity index (χ0v) is 9.30. The fourth-order valence-corrected chi connectivity index (χ4v) is 1.45. The van der Waals surface area contributed by atoms with Crippen LogP contribution < -0.4 is 10.2 Å². The maximum Gasteiger partial charge on any atom is 0.492 e. The maximum atomic E-state index is 13.0. The molecular formula is C11H14BFO4. The van der Waals surface area contributed by atoms with Gasteiger partial charge in [0.1, 0.15) is 11.6 Å². The van der Waals surface area contributed by atoms with Gasteiger partial charge in [0.05, 0.1) is 6.61 Å². The van der Waals surface area contributed by atoms with E-state index < -0.39 is 12.9 Å². The first-order valence-corrected chi connectivity index (χ1v) is 5.53. The van der Waals surface area contributed by atoms with Gasteiger partial charge in [-0.3, -0.25) is 0 Å². The lowest BCUT2D eigenvalue weighted by molar-refractivity contribution is 0.0103. The highest BCUT2D eigenvalue weighted by atomic mass is 19.1. The second kappa shape index (κ2) is 5.49. The average molecular weight is 240 g/mol. The number of hydrogen-bond donors (Lipinski definition) is 2. The summed E-state index contributed by atoms with van der Waals surface area (Å²) >= 11 is 0. The van der Waals surface area contributed by atoms with Crippen LogP contribution >= 0.6 is 0 Å². The molecule has 2 N–H and O–H groups in total. The SMILES string of the molecule is OB(O)c1ccc(F)cc1OCOCC1CC1. The largest absolute Gasteiger partial charge is 0.492 e. The quantitative estimate of drug-likeness (QED) is 0.425. The Morgan fingerprint density at radius 3 is 2.76 bits per heavy atom. The van der Waals surface area contributed by atoms with Crippen molar-refractivity contribution in [2.45, 2.75) is 12.8 Å². The normalized spacial score (nSPS) is 14.8. The summed E-state index contributed by atoms with van der Waals surface area (Å²) in [5, 5.41) is 18.1. The van der Waals surface area contributed by atoms with Crippen molar-refractivity contribution in [2.24, 2.45) is 5.92 Å². The van der Waals surface area contributed by atoms with Gasteiger partial charge in [0.25, 0.3) is 0 Å². The van der Waals surface area contributed by atoms with E-state index in [-0.39, 0.29) is 18.0 Å². The van der Waals surface area contributed by atoms with Gasteiger partial charge >= 0.3 is 7.12 Å². The van der Waals surface area contributed by atoms with Gasteiger partial charge in [0.15, 0.2) is 6.79 Å². The molecule has 1 saturated carbocycles. The lowest BCUT2D eigenvalue weighted by Crippen LogP contribution is -2.31. The molecule has 4 nitrogen and oxygen atoms in total. The molecule has 0 unspecified atom stereocenters. The smallest absolute Gasteiger partial charge is 0.468 e. The first kappa shape index (κ1) is 12.4. The molecule has 0 radical (unpaired) electrons. The Morgan fingerprint density at radius 1 is 1.35 bits per heavy atom. The molecule has 2 rings (SSSR count). The van der Waals surface area contributed by atoms with Gasteiger partial charge in [0.2, 0.25) is 0 Å². The maximum absolute atomic E-state index is 13.0. The second-order valence-electron chi connectivity index (χ2n) is 4.13. The van der Waals surface area contributed by atoms with Crippen molar-refractivity contribution in [2.75, 3.05) is 13.4 Å². The highest BCUT2D eigenvalue weighted by Crippen LogP contribution is 2.28. The molecule has 0 amide bonds. The molecule has 6 heteroatoms. The molecule has 92 valence electrons. The third-order valence-electron chi connectivity index (χ3n) is 2.60. The van der Waals surface area contributed by atoms with Gasteiger partial charge in [-0.15, -0.1) is 0 Å². The van der Waals surface area contributed by atoms with E-state index in [9.17, 15) is 4.39 Å². The first-order valence-electron chi connectivity index (χ1n) is 5.53. The molecule has 1 aliphatic carbocycles. The summed E-state index contributed by atoms with van der Waals surface area (Å²) in [4.78, 5) is 0. The first-order chi connectivity index (χ1) is 8.16. The topological polar surface area (TPSA) is 58.9 Å². The summed E-state index contributed by atoms with van der Waals surface area (Å²) in [6, 6.07) is 3.53. The fraction of sp³-hybridized carbons (Fsp3) is 0.455. The Morgan fingerprint density at radius 2 is 2.12 bits per heavy atom. The number of halogens is 1. The Balaban J connectivity index is 1.89. The van der Waals surface area contributed by atoms with Crippen molar-refractivity contribution in [3.05, 3.63) is 24.0 Å². The zero-order valence-electron chi connectivity index (χ0n) is 9.30. The Bertz CT molecular complexity index is 382. The van der Waals surface area contributed by atoms with E-state index in [2.05, 4.69) is 0 Å². The predicted octanol–water partition coefficient (Wildman–Crippen LogP) is 0.268. The van der Waals surface area contributed by atoms with Crippen LogP contribution in [0.25, 0.3) is 0 Å². The highest BCUT2D eigenvalue weighted by molar-refractivity contribution is 6.59. The van der Waals surface area contributed by atoms with Crippen LogP contribution in [-0.4, -0.2) is 30.6 Å². The molecule has 0 aliphatic heterocycles. The van der Waals surface area contributed by atoms with Gasteiger partial charge < -0.3 is 19.5 Å². The molecule has 1 fully saturated rings. The molecule has 1 aromatic carbocycles. The zero-order chi connectivity index (χ0) is 12.3. The van der Waals surface area contributed by atoms with Crippen LogP contribution in [0, 0.1) is 11.7 Å². The van der Waals surface area contributed by atoms with Crippen molar-refractivity contribution in [3.63, 3.8) is 0 Å². The van der Waals surface area contributed by atoms with E-state index in [1.165, 1.54) is 18.9 Å². The summed E-state index contributed by atoms with van der Waals surface area (Å²) in [6.45, 7) is 0.617. The number of benzene rings is 1. The van der Waals surface area contributed by atoms with Gasteiger partial charge in [-0.25, -0.2) is 4.39 Å². The van der Waals surface area contributed by atoms with Crippen LogP contribution in [0.2, 0.25) is 0 Å². The van der Waals surface area contributed by atoms with Crippen LogP contribution in [0.15, 0.2) is 18.2 Å². The number of rotatable bonds is 6. The summed E-state index contributed by atoms with van der Waals surface area (Å²) in [6.07, 6.45) is 2.36. The van der Waals surface area contributed by atoms with Crippen LogP contribution in [0.1, 0.15) is 12.8 Å². The lowest BCUT2D eigenvalue weighted by atomic mass is 9.79. The van der Waals surface area contributed by atoms with E-state index in [0.29, 0.717) is 12.5 Å². The molecular weight excluding hydrogens is 226 g/mol. The Labute approximate surface area is 99.1 Å².